The number of carbonyl (C=O) groups is 1. The molecule has 1 atom stereocenters. The van der Waals surface area contributed by atoms with E-state index in [1.165, 1.54) is 6.92 Å². The third-order valence-electron chi connectivity index (χ3n) is 5.09. The van der Waals surface area contributed by atoms with Crippen molar-refractivity contribution in [1.82, 2.24) is 9.55 Å². The van der Waals surface area contributed by atoms with Gasteiger partial charge >= 0.3 is 5.97 Å². The summed E-state index contributed by atoms with van der Waals surface area (Å²) in [6.07, 6.45) is 0.639. The Kier molecular flexibility index (Phi) is 6.52. The maximum absolute atomic E-state index is 12.8. The molecule has 0 radical (unpaired) electrons. The first-order valence-electron chi connectivity index (χ1n) is 9.99. The third kappa shape index (κ3) is 4.21. The highest BCUT2D eigenvalue weighted by atomic mass is 16.5. The number of aromatic nitrogens is 2. The number of fused-ring (bicyclic) bond motifs is 1. The maximum atomic E-state index is 12.8. The van der Waals surface area contributed by atoms with E-state index in [2.05, 4.69) is 4.98 Å². The van der Waals surface area contributed by atoms with E-state index < -0.39 is 11.6 Å². The van der Waals surface area contributed by atoms with Crippen molar-refractivity contribution in [3.63, 3.8) is 0 Å². The SMILES string of the molecule is CCOC(C)(C(=O)O)c1ccc(OCCn2c(CC)nc3ccccc3c2=O)cc1. The van der Waals surface area contributed by atoms with E-state index in [4.69, 9.17) is 9.47 Å². The van der Waals surface area contributed by atoms with Crippen LogP contribution < -0.4 is 10.3 Å². The van der Waals surface area contributed by atoms with Crippen LogP contribution in [0.25, 0.3) is 10.9 Å². The van der Waals surface area contributed by atoms with E-state index in [-0.39, 0.29) is 18.8 Å². The number of hydrogen-bond acceptors (Lipinski definition) is 5. The molecule has 0 amide bonds. The first-order valence-corrected chi connectivity index (χ1v) is 9.99. The van der Waals surface area contributed by atoms with E-state index in [0.717, 1.165) is 0 Å². The Morgan fingerprint density at radius 3 is 2.47 bits per heavy atom. The standard InChI is InChI=1S/C23H26N2O5/c1-4-20-24-19-9-7-6-8-18(19)21(26)25(20)14-15-29-17-12-10-16(11-13-17)23(3,22(27)28)30-5-2/h6-13H,4-5,14-15H2,1-3H3,(H,27,28). The summed E-state index contributed by atoms with van der Waals surface area (Å²) in [4.78, 5) is 29.0. The summed E-state index contributed by atoms with van der Waals surface area (Å²) in [5, 5.41) is 10.1. The molecule has 2 aromatic carbocycles. The number of carboxylic acids is 1. The first kappa shape index (κ1) is 21.5. The number of para-hydroxylation sites is 1. The number of rotatable bonds is 9. The van der Waals surface area contributed by atoms with E-state index in [1.807, 2.05) is 25.1 Å². The van der Waals surface area contributed by atoms with Crippen LogP contribution in [0.3, 0.4) is 0 Å². The Balaban J connectivity index is 1.74. The topological polar surface area (TPSA) is 90.7 Å². The number of carboxylic acid groups (broad SMARTS) is 1. The van der Waals surface area contributed by atoms with Gasteiger partial charge in [0.2, 0.25) is 0 Å². The number of aryl methyl sites for hydroxylation is 1. The highest BCUT2D eigenvalue weighted by Gasteiger charge is 2.35. The molecule has 0 saturated carbocycles. The van der Waals surface area contributed by atoms with Crippen LogP contribution in [0.1, 0.15) is 32.2 Å². The minimum atomic E-state index is -1.41. The van der Waals surface area contributed by atoms with Gasteiger partial charge in [0.25, 0.3) is 5.56 Å². The zero-order chi connectivity index (χ0) is 21.7. The van der Waals surface area contributed by atoms with Gasteiger partial charge in [0.05, 0.1) is 17.4 Å². The molecule has 0 aliphatic carbocycles. The smallest absolute Gasteiger partial charge is 0.340 e. The fraction of sp³-hybridized carbons (Fsp3) is 0.348. The lowest BCUT2D eigenvalue weighted by molar-refractivity contribution is -0.164. The summed E-state index contributed by atoms with van der Waals surface area (Å²) >= 11 is 0. The molecule has 0 spiro atoms. The number of benzene rings is 2. The van der Waals surface area contributed by atoms with Crippen LogP contribution in [0.4, 0.5) is 0 Å². The zero-order valence-corrected chi connectivity index (χ0v) is 17.4. The molecular formula is C23H26N2O5. The van der Waals surface area contributed by atoms with Crippen molar-refractivity contribution in [2.24, 2.45) is 0 Å². The fourth-order valence-corrected chi connectivity index (χ4v) is 3.40. The molecule has 1 aromatic heterocycles. The van der Waals surface area contributed by atoms with Gasteiger partial charge in [-0.25, -0.2) is 9.78 Å². The molecule has 0 aliphatic heterocycles. The normalized spacial score (nSPS) is 13.2. The molecule has 3 aromatic rings. The van der Waals surface area contributed by atoms with Crippen molar-refractivity contribution in [2.45, 2.75) is 39.3 Å². The molecule has 0 aliphatic rings. The molecule has 0 saturated heterocycles. The molecule has 0 fully saturated rings. The van der Waals surface area contributed by atoms with Gasteiger partial charge in [0.15, 0.2) is 5.60 Å². The van der Waals surface area contributed by atoms with Crippen LogP contribution in [0.15, 0.2) is 53.3 Å². The summed E-state index contributed by atoms with van der Waals surface area (Å²) < 4.78 is 12.9. The van der Waals surface area contributed by atoms with E-state index >= 15 is 0 Å². The Labute approximate surface area is 174 Å². The van der Waals surface area contributed by atoms with Gasteiger partial charge in [-0.2, -0.15) is 0 Å². The lowest BCUT2D eigenvalue weighted by Crippen LogP contribution is -2.35. The second kappa shape index (κ2) is 9.09. The Bertz CT molecular complexity index is 1090. The summed E-state index contributed by atoms with van der Waals surface area (Å²) in [7, 11) is 0. The minimum absolute atomic E-state index is 0.0784. The van der Waals surface area contributed by atoms with Crippen LogP contribution in [-0.2, 0) is 28.1 Å². The van der Waals surface area contributed by atoms with Gasteiger partial charge in [-0.1, -0.05) is 31.2 Å². The van der Waals surface area contributed by atoms with Crippen molar-refractivity contribution in [1.29, 1.82) is 0 Å². The number of nitrogens with zero attached hydrogens (tertiary/aromatic N) is 2. The second-order valence-corrected chi connectivity index (χ2v) is 7.00. The summed E-state index contributed by atoms with van der Waals surface area (Å²) in [6.45, 7) is 6.19. The number of aliphatic carboxylic acids is 1. The van der Waals surface area contributed by atoms with Crippen LogP contribution in [0.2, 0.25) is 0 Å². The molecule has 1 unspecified atom stereocenters. The van der Waals surface area contributed by atoms with Crippen molar-refractivity contribution < 1.29 is 19.4 Å². The molecule has 7 heteroatoms. The first-order chi connectivity index (χ1) is 14.4. The van der Waals surface area contributed by atoms with Crippen molar-refractivity contribution in [2.75, 3.05) is 13.2 Å². The summed E-state index contributed by atoms with van der Waals surface area (Å²) in [5.74, 6) is 0.253. The molecule has 1 N–H and O–H groups in total. The highest BCUT2D eigenvalue weighted by molar-refractivity contribution is 5.79. The van der Waals surface area contributed by atoms with Gasteiger partial charge in [0.1, 0.15) is 18.2 Å². The summed E-state index contributed by atoms with van der Waals surface area (Å²) in [6, 6.07) is 14.1. The molecule has 158 valence electrons. The van der Waals surface area contributed by atoms with E-state index in [1.54, 1.807) is 41.8 Å². The Hall–Kier alpha value is -3.19. The summed E-state index contributed by atoms with van der Waals surface area (Å²) in [5.41, 5.74) is -0.256. The highest BCUT2D eigenvalue weighted by Crippen LogP contribution is 2.27. The maximum Gasteiger partial charge on any atom is 0.340 e. The van der Waals surface area contributed by atoms with Crippen molar-refractivity contribution >= 4 is 16.9 Å². The zero-order valence-electron chi connectivity index (χ0n) is 17.4. The largest absolute Gasteiger partial charge is 0.492 e. The van der Waals surface area contributed by atoms with Crippen LogP contribution in [0, 0.1) is 0 Å². The molecular weight excluding hydrogens is 384 g/mol. The average molecular weight is 410 g/mol. The minimum Gasteiger partial charge on any atom is -0.492 e. The van der Waals surface area contributed by atoms with E-state index in [9.17, 15) is 14.7 Å². The third-order valence-corrected chi connectivity index (χ3v) is 5.09. The van der Waals surface area contributed by atoms with Gasteiger partial charge in [-0.05, 0) is 43.7 Å². The lowest BCUT2D eigenvalue weighted by atomic mass is 9.96. The molecule has 3 rings (SSSR count). The van der Waals surface area contributed by atoms with E-state index in [0.29, 0.717) is 41.0 Å². The van der Waals surface area contributed by atoms with Crippen LogP contribution in [0.5, 0.6) is 5.75 Å². The van der Waals surface area contributed by atoms with Gasteiger partial charge in [-0.3, -0.25) is 9.36 Å². The predicted molar refractivity (Wildman–Crippen MR) is 114 cm³/mol. The Morgan fingerprint density at radius 1 is 1.13 bits per heavy atom. The second-order valence-electron chi connectivity index (χ2n) is 7.00. The number of ether oxygens (including phenoxy) is 2. The van der Waals surface area contributed by atoms with Gasteiger partial charge in [0, 0.05) is 13.0 Å². The van der Waals surface area contributed by atoms with Crippen molar-refractivity contribution in [3.8, 4) is 5.75 Å². The fourth-order valence-electron chi connectivity index (χ4n) is 3.40. The van der Waals surface area contributed by atoms with Crippen LogP contribution >= 0.6 is 0 Å². The Morgan fingerprint density at radius 2 is 1.83 bits per heavy atom. The molecule has 7 nitrogen and oxygen atoms in total. The number of hydrogen-bond donors (Lipinski definition) is 1. The van der Waals surface area contributed by atoms with Crippen LogP contribution in [-0.4, -0.2) is 33.8 Å². The molecule has 30 heavy (non-hydrogen) atoms. The molecule has 1 heterocycles. The van der Waals surface area contributed by atoms with Gasteiger partial charge in [-0.15, -0.1) is 0 Å². The monoisotopic (exact) mass is 410 g/mol. The average Bonchev–Trinajstić information content (AvgIpc) is 2.75. The van der Waals surface area contributed by atoms with Gasteiger partial charge < -0.3 is 14.6 Å². The lowest BCUT2D eigenvalue weighted by Gasteiger charge is -2.25. The predicted octanol–water partition coefficient (Wildman–Crippen LogP) is 3.37. The van der Waals surface area contributed by atoms with Crippen molar-refractivity contribution in [3.05, 3.63) is 70.3 Å². The quantitative estimate of drug-likeness (QED) is 0.582. The molecule has 0 bridgehead atoms.